The zero-order valence-corrected chi connectivity index (χ0v) is 20.4. The highest BCUT2D eigenvalue weighted by Gasteiger charge is 2.47. The van der Waals surface area contributed by atoms with E-state index in [2.05, 4.69) is 15.5 Å². The molecule has 32 heavy (non-hydrogen) atoms. The number of aromatic nitrogens is 2. The number of hydrogen-bond donors (Lipinski definition) is 1. The van der Waals surface area contributed by atoms with Crippen molar-refractivity contribution in [2.24, 2.45) is 0 Å². The Hall–Kier alpha value is -1.68. The highest BCUT2D eigenvalue weighted by molar-refractivity contribution is 8.01. The number of amides is 1. The number of nitrogens with one attached hydrogen (secondary N) is 1. The molecule has 2 fully saturated rings. The first-order valence-electron chi connectivity index (χ1n) is 10.9. The van der Waals surface area contributed by atoms with E-state index in [1.54, 1.807) is 18.0 Å². The first-order valence-corrected chi connectivity index (χ1v) is 13.1. The monoisotopic (exact) mass is 494 g/mol. The van der Waals surface area contributed by atoms with E-state index in [-0.39, 0.29) is 23.5 Å². The normalized spacial score (nSPS) is 23.3. The Bertz CT molecular complexity index is 966. The summed E-state index contributed by atoms with van der Waals surface area (Å²) in [6.07, 6.45) is 5.12. The summed E-state index contributed by atoms with van der Waals surface area (Å²) < 4.78 is 6.32. The van der Waals surface area contributed by atoms with Gasteiger partial charge in [-0.15, -0.1) is 10.2 Å². The highest BCUT2D eigenvalue weighted by atomic mass is 35.5. The zero-order valence-electron chi connectivity index (χ0n) is 18.0. The smallest absolute Gasteiger partial charge is 0.233 e. The minimum Gasteiger partial charge on any atom is -0.376 e. The molecule has 1 aromatic heterocycles. The van der Waals surface area contributed by atoms with E-state index in [1.807, 2.05) is 18.2 Å². The first-order chi connectivity index (χ1) is 15.5. The number of thioether (sulfide) groups is 1. The van der Waals surface area contributed by atoms with Crippen molar-refractivity contribution in [1.82, 2.24) is 15.1 Å². The van der Waals surface area contributed by atoms with Crippen LogP contribution in [0.3, 0.4) is 0 Å². The predicted molar refractivity (Wildman–Crippen MR) is 127 cm³/mol. The molecule has 1 aromatic carbocycles. The third-order valence-electron chi connectivity index (χ3n) is 6.15. The lowest BCUT2D eigenvalue weighted by Gasteiger charge is -2.44. The minimum absolute atomic E-state index is 0.0502. The van der Waals surface area contributed by atoms with Gasteiger partial charge in [0, 0.05) is 37.2 Å². The van der Waals surface area contributed by atoms with Crippen molar-refractivity contribution >= 4 is 51.5 Å². The average Bonchev–Trinajstić information content (AvgIpc) is 3.48. The molecule has 1 aliphatic heterocycles. The molecule has 4 rings (SSSR count). The van der Waals surface area contributed by atoms with Gasteiger partial charge in [0.05, 0.1) is 11.9 Å². The van der Waals surface area contributed by atoms with Gasteiger partial charge < -0.3 is 15.0 Å². The summed E-state index contributed by atoms with van der Waals surface area (Å²) in [4.78, 5) is 28.0. The van der Waals surface area contributed by atoms with E-state index in [4.69, 9.17) is 16.3 Å². The zero-order chi connectivity index (χ0) is 22.6. The maximum absolute atomic E-state index is 13.2. The van der Waals surface area contributed by atoms with Crippen LogP contribution in [0.25, 0.3) is 0 Å². The number of benzene rings is 1. The fourth-order valence-electron chi connectivity index (χ4n) is 4.41. The molecular formula is C22H27ClN4O3S2. The third kappa shape index (κ3) is 4.95. The largest absolute Gasteiger partial charge is 0.376 e. The lowest BCUT2D eigenvalue weighted by molar-refractivity contribution is -0.146. The Morgan fingerprint density at radius 1 is 1.34 bits per heavy atom. The summed E-state index contributed by atoms with van der Waals surface area (Å²) in [6.45, 7) is 1.53. The van der Waals surface area contributed by atoms with Crippen LogP contribution in [-0.4, -0.2) is 58.8 Å². The number of carbonyl (C=O) groups is 2. The SMILES string of the molecule is CN(C(=O)CSc1nnc(NCC2CCCO2)s1)C1(c2ccccc2Cl)CCCCC1=O. The van der Waals surface area contributed by atoms with Crippen LogP contribution >= 0.6 is 34.7 Å². The van der Waals surface area contributed by atoms with E-state index in [0.29, 0.717) is 34.3 Å². The molecule has 0 bridgehead atoms. The standard InChI is InChI=1S/C22H27ClN4O3S2/c1-27(22(11-5-4-10-18(22)28)16-8-2-3-9-17(16)23)19(29)14-31-21-26-25-20(32-21)24-13-15-7-6-12-30-15/h2-3,8-9,15H,4-7,10-14H2,1H3,(H,24,25). The lowest BCUT2D eigenvalue weighted by atomic mass is 9.74. The van der Waals surface area contributed by atoms with Crippen molar-refractivity contribution in [1.29, 1.82) is 0 Å². The Morgan fingerprint density at radius 3 is 2.94 bits per heavy atom. The molecule has 1 amide bonds. The number of likely N-dealkylation sites (N-methyl/N-ethyl adjacent to an activating group) is 1. The Kier molecular flexibility index (Phi) is 7.70. The van der Waals surface area contributed by atoms with E-state index in [1.165, 1.54) is 23.1 Å². The average molecular weight is 495 g/mol. The molecule has 1 aliphatic carbocycles. The van der Waals surface area contributed by atoms with Crippen molar-refractivity contribution in [2.75, 3.05) is 31.3 Å². The van der Waals surface area contributed by atoms with Gasteiger partial charge in [0.15, 0.2) is 10.1 Å². The van der Waals surface area contributed by atoms with Crippen LogP contribution in [-0.2, 0) is 19.9 Å². The van der Waals surface area contributed by atoms with E-state index in [0.717, 1.165) is 37.4 Å². The van der Waals surface area contributed by atoms with E-state index in [9.17, 15) is 9.59 Å². The number of ketones is 1. The van der Waals surface area contributed by atoms with Crippen molar-refractivity contribution in [3.63, 3.8) is 0 Å². The number of hydrogen-bond acceptors (Lipinski definition) is 8. The van der Waals surface area contributed by atoms with Crippen molar-refractivity contribution < 1.29 is 14.3 Å². The summed E-state index contributed by atoms with van der Waals surface area (Å²) in [5.74, 6) is 0.0968. The molecule has 2 aromatic rings. The third-order valence-corrected chi connectivity index (χ3v) is 8.48. The van der Waals surface area contributed by atoms with Gasteiger partial charge in [-0.05, 0) is 38.2 Å². The summed E-state index contributed by atoms with van der Waals surface area (Å²) in [5.41, 5.74) is -0.299. The summed E-state index contributed by atoms with van der Waals surface area (Å²) in [6, 6.07) is 7.34. The number of carbonyl (C=O) groups excluding carboxylic acids is 2. The predicted octanol–water partition coefficient (Wildman–Crippen LogP) is 4.37. The van der Waals surface area contributed by atoms with Crippen molar-refractivity contribution in [3.8, 4) is 0 Å². The van der Waals surface area contributed by atoms with Gasteiger partial charge in [-0.2, -0.15) is 0 Å². The second kappa shape index (κ2) is 10.5. The second-order valence-electron chi connectivity index (χ2n) is 8.10. The molecular weight excluding hydrogens is 468 g/mol. The number of halogens is 1. The van der Waals surface area contributed by atoms with Gasteiger partial charge in [0.2, 0.25) is 11.0 Å². The number of anilines is 1. The second-order valence-corrected chi connectivity index (χ2v) is 10.7. The van der Waals surface area contributed by atoms with Gasteiger partial charge in [-0.25, -0.2) is 0 Å². The van der Waals surface area contributed by atoms with E-state index < -0.39 is 5.54 Å². The quantitative estimate of drug-likeness (QED) is 0.545. The number of rotatable bonds is 8. The molecule has 0 radical (unpaired) electrons. The van der Waals surface area contributed by atoms with Gasteiger partial charge in [-0.1, -0.05) is 52.9 Å². The molecule has 1 saturated heterocycles. The summed E-state index contributed by atoms with van der Waals surface area (Å²) >= 11 is 9.24. The Labute approximate surface area is 201 Å². The molecule has 1 N–H and O–H groups in total. The van der Waals surface area contributed by atoms with Crippen molar-refractivity contribution in [2.45, 2.75) is 54.5 Å². The molecule has 10 heteroatoms. The fourth-order valence-corrected chi connectivity index (χ4v) is 6.37. The maximum Gasteiger partial charge on any atom is 0.233 e. The van der Waals surface area contributed by atoms with Crippen LogP contribution in [0.15, 0.2) is 28.6 Å². The molecule has 172 valence electrons. The molecule has 2 heterocycles. The fraction of sp³-hybridized carbons (Fsp3) is 0.545. The van der Waals surface area contributed by atoms with Crippen LogP contribution in [0, 0.1) is 0 Å². The van der Waals surface area contributed by atoms with Crippen LogP contribution in [0.5, 0.6) is 0 Å². The Balaban J connectivity index is 1.41. The van der Waals surface area contributed by atoms with Crippen LogP contribution in [0.1, 0.15) is 44.1 Å². The van der Waals surface area contributed by atoms with Gasteiger partial charge in [0.25, 0.3) is 0 Å². The maximum atomic E-state index is 13.2. The number of Topliss-reactive ketones (excluding diaryl/α,β-unsaturated/α-hetero) is 1. The van der Waals surface area contributed by atoms with Gasteiger partial charge in [0.1, 0.15) is 5.54 Å². The first kappa shape index (κ1) is 23.5. The minimum atomic E-state index is -1.01. The van der Waals surface area contributed by atoms with E-state index >= 15 is 0 Å². The van der Waals surface area contributed by atoms with Gasteiger partial charge in [-0.3, -0.25) is 9.59 Å². The number of ether oxygens (including phenoxy) is 1. The molecule has 2 atom stereocenters. The highest BCUT2D eigenvalue weighted by Crippen LogP contribution is 2.42. The van der Waals surface area contributed by atoms with Gasteiger partial charge >= 0.3 is 0 Å². The molecule has 2 unspecified atom stereocenters. The summed E-state index contributed by atoms with van der Waals surface area (Å²) in [7, 11) is 1.71. The Morgan fingerprint density at radius 2 is 2.19 bits per heavy atom. The molecule has 1 saturated carbocycles. The molecule has 0 spiro atoms. The topological polar surface area (TPSA) is 84.4 Å². The van der Waals surface area contributed by atoms with Crippen LogP contribution in [0.2, 0.25) is 5.02 Å². The molecule has 7 nitrogen and oxygen atoms in total. The van der Waals surface area contributed by atoms with Crippen LogP contribution in [0.4, 0.5) is 5.13 Å². The van der Waals surface area contributed by atoms with Crippen molar-refractivity contribution in [3.05, 3.63) is 34.9 Å². The molecule has 2 aliphatic rings. The van der Waals surface area contributed by atoms with Crippen LogP contribution < -0.4 is 5.32 Å². The lowest BCUT2D eigenvalue weighted by Crippen LogP contribution is -2.54. The summed E-state index contributed by atoms with van der Waals surface area (Å²) in [5, 5.41) is 12.8. The number of nitrogens with zero attached hydrogens (tertiary/aromatic N) is 3.